The van der Waals surface area contributed by atoms with Crippen LogP contribution in [0.5, 0.6) is 5.75 Å². The first kappa shape index (κ1) is 13.0. The molecule has 0 aliphatic carbocycles. The zero-order valence-electron chi connectivity index (χ0n) is 12.1. The van der Waals surface area contributed by atoms with Crippen molar-refractivity contribution in [1.29, 1.82) is 0 Å². The van der Waals surface area contributed by atoms with E-state index in [0.717, 1.165) is 43.5 Å². The molecule has 4 aromatic rings. The average molecular weight is 366 g/mol. The van der Waals surface area contributed by atoms with Gasteiger partial charge in [0.2, 0.25) is 5.88 Å². The van der Waals surface area contributed by atoms with Gasteiger partial charge in [-0.05, 0) is 45.6 Å². The Labute approximate surface area is 141 Å². The van der Waals surface area contributed by atoms with Crippen molar-refractivity contribution < 1.29 is 9.15 Å². The standard InChI is InChI=1S/C19H12BrNO2/c20-18-13-7-1-2-9-15(13)23-19(18)21-11-22-16-10-4-6-12-5-3-8-14(21)17(12)16/h1-10H,11H2. The maximum absolute atomic E-state index is 6.08. The van der Waals surface area contributed by atoms with Gasteiger partial charge in [-0.2, -0.15) is 0 Å². The molecule has 0 saturated carbocycles. The molecular formula is C19H12BrNO2. The normalized spacial score (nSPS) is 13.5. The number of anilines is 2. The van der Waals surface area contributed by atoms with Gasteiger partial charge in [0, 0.05) is 10.8 Å². The summed E-state index contributed by atoms with van der Waals surface area (Å²) in [7, 11) is 0. The third-order valence-corrected chi connectivity index (χ3v) is 5.01. The molecule has 0 unspecified atom stereocenters. The van der Waals surface area contributed by atoms with Crippen LogP contribution < -0.4 is 9.64 Å². The lowest BCUT2D eigenvalue weighted by molar-refractivity contribution is 0.318. The Balaban J connectivity index is 1.78. The zero-order valence-corrected chi connectivity index (χ0v) is 13.7. The number of hydrogen-bond acceptors (Lipinski definition) is 3. The Morgan fingerprint density at radius 3 is 2.61 bits per heavy atom. The Hall–Kier alpha value is -2.46. The van der Waals surface area contributed by atoms with Crippen LogP contribution in [0.25, 0.3) is 21.7 Å². The van der Waals surface area contributed by atoms with E-state index < -0.39 is 0 Å². The zero-order chi connectivity index (χ0) is 15.4. The first-order valence-electron chi connectivity index (χ1n) is 7.42. The Kier molecular flexibility index (Phi) is 2.70. The number of fused-ring (bicyclic) bond motifs is 1. The van der Waals surface area contributed by atoms with E-state index in [1.165, 1.54) is 0 Å². The minimum absolute atomic E-state index is 0.425. The van der Waals surface area contributed by atoms with Crippen molar-refractivity contribution in [2.75, 3.05) is 11.6 Å². The third-order valence-electron chi connectivity index (χ3n) is 4.25. The molecule has 23 heavy (non-hydrogen) atoms. The monoisotopic (exact) mass is 365 g/mol. The van der Waals surface area contributed by atoms with E-state index >= 15 is 0 Å². The van der Waals surface area contributed by atoms with E-state index in [2.05, 4.69) is 45.1 Å². The molecule has 5 rings (SSSR count). The van der Waals surface area contributed by atoms with Gasteiger partial charge in [0.25, 0.3) is 0 Å². The van der Waals surface area contributed by atoms with E-state index in [1.54, 1.807) is 0 Å². The second-order valence-corrected chi connectivity index (χ2v) is 6.34. The topological polar surface area (TPSA) is 25.6 Å². The van der Waals surface area contributed by atoms with Gasteiger partial charge in [-0.3, -0.25) is 4.90 Å². The Morgan fingerprint density at radius 2 is 1.74 bits per heavy atom. The number of nitrogens with zero attached hydrogens (tertiary/aromatic N) is 1. The number of rotatable bonds is 1. The summed E-state index contributed by atoms with van der Waals surface area (Å²) < 4.78 is 13.0. The summed E-state index contributed by atoms with van der Waals surface area (Å²) in [5.74, 6) is 1.69. The minimum atomic E-state index is 0.425. The fraction of sp³-hybridized carbons (Fsp3) is 0.0526. The molecular weight excluding hydrogens is 354 g/mol. The van der Waals surface area contributed by atoms with Gasteiger partial charge in [0.05, 0.1) is 10.2 Å². The molecule has 0 amide bonds. The quantitative estimate of drug-likeness (QED) is 0.423. The van der Waals surface area contributed by atoms with Crippen LogP contribution >= 0.6 is 15.9 Å². The molecule has 3 aromatic carbocycles. The van der Waals surface area contributed by atoms with Crippen LogP contribution in [0.15, 0.2) is 69.6 Å². The van der Waals surface area contributed by atoms with Crippen LogP contribution in [0.3, 0.4) is 0 Å². The molecule has 1 aliphatic heterocycles. The van der Waals surface area contributed by atoms with Crippen LogP contribution in [-0.4, -0.2) is 6.73 Å². The fourth-order valence-electron chi connectivity index (χ4n) is 3.18. The summed E-state index contributed by atoms with van der Waals surface area (Å²) in [6, 6.07) is 20.4. The van der Waals surface area contributed by atoms with Gasteiger partial charge in [0.1, 0.15) is 11.3 Å². The summed E-state index contributed by atoms with van der Waals surface area (Å²) in [6.45, 7) is 0.425. The average Bonchev–Trinajstić information content (AvgIpc) is 2.93. The second-order valence-electron chi connectivity index (χ2n) is 5.55. The number of benzene rings is 3. The lowest BCUT2D eigenvalue weighted by Gasteiger charge is -2.29. The Bertz CT molecular complexity index is 1050. The van der Waals surface area contributed by atoms with Crippen LogP contribution in [0.4, 0.5) is 11.6 Å². The highest BCUT2D eigenvalue weighted by Gasteiger charge is 2.26. The van der Waals surface area contributed by atoms with E-state index in [4.69, 9.17) is 9.15 Å². The van der Waals surface area contributed by atoms with E-state index in [-0.39, 0.29) is 0 Å². The largest absolute Gasteiger partial charge is 0.472 e. The van der Waals surface area contributed by atoms with Gasteiger partial charge in [-0.15, -0.1) is 0 Å². The molecule has 0 atom stereocenters. The van der Waals surface area contributed by atoms with E-state index in [9.17, 15) is 0 Å². The van der Waals surface area contributed by atoms with Crippen molar-refractivity contribution in [3.63, 3.8) is 0 Å². The van der Waals surface area contributed by atoms with Crippen molar-refractivity contribution in [3.8, 4) is 5.75 Å². The van der Waals surface area contributed by atoms with Gasteiger partial charge in [0.15, 0.2) is 6.73 Å². The van der Waals surface area contributed by atoms with Crippen molar-refractivity contribution in [1.82, 2.24) is 0 Å². The predicted octanol–water partition coefficient (Wildman–Crippen LogP) is 5.84. The molecule has 0 spiro atoms. The number of ether oxygens (including phenoxy) is 1. The lowest BCUT2D eigenvalue weighted by atomic mass is 10.1. The highest BCUT2D eigenvalue weighted by molar-refractivity contribution is 9.10. The van der Waals surface area contributed by atoms with Gasteiger partial charge >= 0.3 is 0 Å². The van der Waals surface area contributed by atoms with Crippen LogP contribution in [0, 0.1) is 0 Å². The van der Waals surface area contributed by atoms with Gasteiger partial charge in [-0.1, -0.05) is 36.4 Å². The summed E-state index contributed by atoms with van der Waals surface area (Å²) >= 11 is 3.68. The molecule has 112 valence electrons. The van der Waals surface area contributed by atoms with Crippen molar-refractivity contribution in [2.24, 2.45) is 0 Å². The summed E-state index contributed by atoms with van der Waals surface area (Å²) in [5.41, 5.74) is 1.96. The van der Waals surface area contributed by atoms with Gasteiger partial charge < -0.3 is 9.15 Å². The van der Waals surface area contributed by atoms with Crippen molar-refractivity contribution in [2.45, 2.75) is 0 Å². The van der Waals surface area contributed by atoms with Gasteiger partial charge in [-0.25, -0.2) is 0 Å². The van der Waals surface area contributed by atoms with Crippen LogP contribution in [-0.2, 0) is 0 Å². The maximum Gasteiger partial charge on any atom is 0.218 e. The number of para-hydroxylation sites is 1. The second kappa shape index (κ2) is 4.77. The molecule has 0 N–H and O–H groups in total. The van der Waals surface area contributed by atoms with Crippen molar-refractivity contribution >= 4 is 49.2 Å². The number of hydrogen-bond donors (Lipinski definition) is 0. The molecule has 0 bridgehead atoms. The first-order chi connectivity index (χ1) is 11.3. The summed E-state index contributed by atoms with van der Waals surface area (Å²) in [4.78, 5) is 2.07. The minimum Gasteiger partial charge on any atom is -0.472 e. The molecule has 1 aliphatic rings. The number of halogens is 1. The fourth-order valence-corrected chi connectivity index (χ4v) is 3.80. The molecule has 0 saturated heterocycles. The number of furan rings is 1. The highest BCUT2D eigenvalue weighted by atomic mass is 79.9. The Morgan fingerprint density at radius 1 is 0.913 bits per heavy atom. The molecule has 4 heteroatoms. The smallest absolute Gasteiger partial charge is 0.218 e. The summed E-state index contributed by atoms with van der Waals surface area (Å²) in [5, 5.41) is 3.35. The maximum atomic E-state index is 6.08. The molecule has 0 radical (unpaired) electrons. The molecule has 1 aromatic heterocycles. The molecule has 2 heterocycles. The highest BCUT2D eigenvalue weighted by Crippen LogP contribution is 2.45. The van der Waals surface area contributed by atoms with E-state index in [1.807, 2.05) is 36.4 Å². The van der Waals surface area contributed by atoms with Crippen LogP contribution in [0.1, 0.15) is 0 Å². The first-order valence-corrected chi connectivity index (χ1v) is 8.21. The molecule has 3 nitrogen and oxygen atoms in total. The summed E-state index contributed by atoms with van der Waals surface area (Å²) in [6.07, 6.45) is 0. The predicted molar refractivity (Wildman–Crippen MR) is 95.5 cm³/mol. The van der Waals surface area contributed by atoms with Crippen molar-refractivity contribution in [3.05, 3.63) is 65.1 Å². The van der Waals surface area contributed by atoms with Crippen LogP contribution in [0.2, 0.25) is 0 Å². The lowest BCUT2D eigenvalue weighted by Crippen LogP contribution is -2.26. The SMILES string of the molecule is Brc1c(N2COc3cccc4cccc2c34)oc2ccccc12. The third kappa shape index (κ3) is 1.82. The van der Waals surface area contributed by atoms with E-state index in [0.29, 0.717) is 6.73 Å². The molecule has 0 fully saturated rings.